The van der Waals surface area contributed by atoms with Gasteiger partial charge in [0.2, 0.25) is 11.8 Å². The van der Waals surface area contributed by atoms with Gasteiger partial charge in [0, 0.05) is 19.4 Å². The molecule has 0 radical (unpaired) electrons. The summed E-state index contributed by atoms with van der Waals surface area (Å²) in [5.41, 5.74) is -0.832. The van der Waals surface area contributed by atoms with Crippen LogP contribution in [-0.2, 0) is 4.79 Å². The molecular weight excluding hydrogens is 308 g/mol. The van der Waals surface area contributed by atoms with Crippen molar-refractivity contribution in [2.24, 2.45) is 5.41 Å². The van der Waals surface area contributed by atoms with E-state index in [0.29, 0.717) is 6.42 Å². The zero-order valence-corrected chi connectivity index (χ0v) is 12.4. The minimum absolute atomic E-state index is 0.0395. The predicted molar refractivity (Wildman–Crippen MR) is 77.1 cm³/mol. The zero-order chi connectivity index (χ0) is 16.7. The van der Waals surface area contributed by atoms with E-state index in [-0.39, 0.29) is 49.7 Å². The average molecular weight is 325 g/mol. The van der Waals surface area contributed by atoms with Crippen LogP contribution in [0.2, 0.25) is 0 Å². The van der Waals surface area contributed by atoms with E-state index in [1.165, 1.54) is 18.3 Å². The summed E-state index contributed by atoms with van der Waals surface area (Å²) < 4.78 is 26.6. The van der Waals surface area contributed by atoms with Crippen LogP contribution in [0.5, 0.6) is 5.75 Å². The van der Waals surface area contributed by atoms with Crippen LogP contribution < -0.4 is 5.32 Å². The fraction of sp³-hybridized carbons (Fsp3) is 0.533. The molecule has 8 heteroatoms. The normalized spacial score (nSPS) is 22.3. The monoisotopic (exact) mass is 325 g/mol. The molecule has 124 valence electrons. The van der Waals surface area contributed by atoms with Gasteiger partial charge >= 0.3 is 6.03 Å². The molecule has 2 aliphatic rings. The lowest BCUT2D eigenvalue weighted by atomic mass is 9.72. The number of pyridine rings is 1. The highest BCUT2D eigenvalue weighted by Gasteiger charge is 2.53. The molecule has 6 nitrogen and oxygen atoms in total. The van der Waals surface area contributed by atoms with Gasteiger partial charge in [-0.3, -0.25) is 15.0 Å². The van der Waals surface area contributed by atoms with Crippen LogP contribution >= 0.6 is 0 Å². The molecule has 1 aliphatic heterocycles. The minimum atomic E-state index is -2.71. The summed E-state index contributed by atoms with van der Waals surface area (Å²) in [5.74, 6) is -2.93. The Morgan fingerprint density at radius 1 is 1.22 bits per heavy atom. The fourth-order valence-corrected chi connectivity index (χ4v) is 3.21. The third kappa shape index (κ3) is 2.97. The number of alkyl halides is 2. The Morgan fingerprint density at radius 3 is 2.52 bits per heavy atom. The average Bonchev–Trinajstić information content (AvgIpc) is 2.82. The summed E-state index contributed by atoms with van der Waals surface area (Å²) in [6.07, 6.45) is 1.19. The Hall–Kier alpha value is -2.25. The van der Waals surface area contributed by atoms with Crippen LogP contribution in [0.1, 0.15) is 32.1 Å². The Balaban J connectivity index is 1.67. The second kappa shape index (κ2) is 5.43. The zero-order valence-electron chi connectivity index (χ0n) is 12.4. The number of carbonyl (C=O) groups is 2. The van der Waals surface area contributed by atoms with E-state index in [9.17, 15) is 18.4 Å². The quantitative estimate of drug-likeness (QED) is 0.832. The van der Waals surface area contributed by atoms with E-state index < -0.39 is 17.4 Å². The number of nitrogens with zero attached hydrogens (tertiary/aromatic N) is 2. The first-order valence-corrected chi connectivity index (χ1v) is 7.47. The molecule has 1 saturated carbocycles. The number of hydrogen-bond donors (Lipinski definition) is 2. The van der Waals surface area contributed by atoms with E-state index in [4.69, 9.17) is 5.11 Å². The maximum absolute atomic E-state index is 13.3. The highest BCUT2D eigenvalue weighted by molar-refractivity contribution is 6.04. The topological polar surface area (TPSA) is 82.5 Å². The number of hydrogen-bond acceptors (Lipinski definition) is 4. The van der Waals surface area contributed by atoms with Crippen molar-refractivity contribution >= 4 is 17.8 Å². The molecular formula is C15H17F2N3O3. The van der Waals surface area contributed by atoms with Gasteiger partial charge in [0.25, 0.3) is 0 Å². The minimum Gasteiger partial charge on any atom is -0.506 e. The first-order chi connectivity index (χ1) is 10.8. The van der Waals surface area contributed by atoms with Gasteiger partial charge in [0.1, 0.15) is 11.6 Å². The molecule has 1 spiro atoms. The van der Waals surface area contributed by atoms with Gasteiger partial charge in [-0.25, -0.2) is 18.6 Å². The molecule has 1 aromatic rings. The standard InChI is InChI=1S/C15H17F2N3O3/c16-15(17)5-3-14(4-6-15)7-8-20(12(14)22)13(23)19-11-2-1-10(21)9-18-11/h1-2,9,21H,3-8H2,(H,18,19,23). The Kier molecular flexibility index (Phi) is 3.69. The largest absolute Gasteiger partial charge is 0.506 e. The summed E-state index contributed by atoms with van der Waals surface area (Å²) in [7, 11) is 0. The van der Waals surface area contributed by atoms with Gasteiger partial charge in [0.05, 0.1) is 11.6 Å². The number of nitrogens with one attached hydrogen (secondary N) is 1. The molecule has 1 saturated heterocycles. The second-order valence-corrected chi connectivity index (χ2v) is 6.17. The van der Waals surface area contributed by atoms with Crippen molar-refractivity contribution in [3.63, 3.8) is 0 Å². The Labute approximate surface area is 131 Å². The first kappa shape index (κ1) is 15.6. The van der Waals surface area contributed by atoms with Crippen molar-refractivity contribution in [1.29, 1.82) is 0 Å². The molecule has 0 aromatic carbocycles. The molecule has 1 aromatic heterocycles. The highest BCUT2D eigenvalue weighted by Crippen LogP contribution is 2.49. The van der Waals surface area contributed by atoms with E-state index >= 15 is 0 Å². The molecule has 1 aliphatic carbocycles. The van der Waals surface area contributed by atoms with Crippen LogP contribution in [0.25, 0.3) is 0 Å². The van der Waals surface area contributed by atoms with Gasteiger partial charge in [-0.1, -0.05) is 0 Å². The van der Waals surface area contributed by atoms with E-state index in [0.717, 1.165) is 4.90 Å². The number of urea groups is 1. The predicted octanol–water partition coefficient (Wildman–Crippen LogP) is 2.75. The number of likely N-dealkylation sites (tertiary alicyclic amines) is 1. The van der Waals surface area contributed by atoms with Gasteiger partial charge in [0.15, 0.2) is 0 Å². The number of rotatable bonds is 1. The summed E-state index contributed by atoms with van der Waals surface area (Å²) in [6.45, 7) is 0.217. The van der Waals surface area contributed by atoms with Crippen LogP contribution in [-0.4, -0.2) is 39.4 Å². The second-order valence-electron chi connectivity index (χ2n) is 6.17. The maximum atomic E-state index is 13.3. The van der Waals surface area contributed by atoms with Gasteiger partial charge < -0.3 is 5.11 Å². The van der Waals surface area contributed by atoms with Gasteiger partial charge in [-0.15, -0.1) is 0 Å². The van der Waals surface area contributed by atoms with E-state index in [1.54, 1.807) is 0 Å². The Morgan fingerprint density at radius 2 is 1.91 bits per heavy atom. The lowest BCUT2D eigenvalue weighted by Crippen LogP contribution is -2.43. The van der Waals surface area contributed by atoms with Crippen molar-refractivity contribution in [3.05, 3.63) is 18.3 Å². The van der Waals surface area contributed by atoms with Crippen LogP contribution in [0.15, 0.2) is 18.3 Å². The SMILES string of the molecule is O=C(Nc1ccc(O)cn1)N1CCC2(CCC(F)(F)CC2)C1=O. The molecule has 3 rings (SSSR count). The lowest BCUT2D eigenvalue weighted by Gasteiger charge is -2.35. The van der Waals surface area contributed by atoms with Crippen molar-refractivity contribution < 1.29 is 23.5 Å². The van der Waals surface area contributed by atoms with Gasteiger partial charge in [-0.05, 0) is 31.4 Å². The van der Waals surface area contributed by atoms with Crippen LogP contribution in [0.3, 0.4) is 0 Å². The number of imide groups is 1. The first-order valence-electron chi connectivity index (χ1n) is 7.47. The molecule has 0 atom stereocenters. The molecule has 2 heterocycles. The number of aromatic hydroxyl groups is 1. The summed E-state index contributed by atoms with van der Waals surface area (Å²) in [5, 5.41) is 11.6. The lowest BCUT2D eigenvalue weighted by molar-refractivity contribution is -0.140. The summed E-state index contributed by atoms with van der Waals surface area (Å²) >= 11 is 0. The number of halogens is 2. The third-order valence-electron chi connectivity index (χ3n) is 4.68. The Bertz CT molecular complexity index is 623. The van der Waals surface area contributed by atoms with Crippen LogP contribution in [0, 0.1) is 5.41 Å². The van der Waals surface area contributed by atoms with Crippen LogP contribution in [0.4, 0.5) is 19.4 Å². The van der Waals surface area contributed by atoms with Crippen molar-refractivity contribution in [3.8, 4) is 5.75 Å². The number of carbonyl (C=O) groups excluding carboxylic acids is 2. The number of aromatic nitrogens is 1. The summed E-state index contributed by atoms with van der Waals surface area (Å²) in [4.78, 5) is 29.6. The molecule has 23 heavy (non-hydrogen) atoms. The molecule has 0 unspecified atom stereocenters. The van der Waals surface area contributed by atoms with Crippen molar-refractivity contribution in [2.75, 3.05) is 11.9 Å². The maximum Gasteiger partial charge on any atom is 0.329 e. The molecule has 3 amide bonds. The third-order valence-corrected chi connectivity index (χ3v) is 4.68. The van der Waals surface area contributed by atoms with E-state index in [2.05, 4.69) is 10.3 Å². The van der Waals surface area contributed by atoms with Gasteiger partial charge in [-0.2, -0.15) is 0 Å². The van der Waals surface area contributed by atoms with E-state index in [1.807, 2.05) is 0 Å². The smallest absolute Gasteiger partial charge is 0.329 e. The number of amides is 3. The molecule has 2 N–H and O–H groups in total. The number of anilines is 1. The van der Waals surface area contributed by atoms with Crippen molar-refractivity contribution in [2.45, 2.75) is 38.0 Å². The summed E-state index contributed by atoms with van der Waals surface area (Å²) in [6, 6.07) is 2.14. The van der Waals surface area contributed by atoms with Crippen molar-refractivity contribution in [1.82, 2.24) is 9.88 Å². The molecule has 2 fully saturated rings. The molecule has 0 bridgehead atoms. The fourth-order valence-electron chi connectivity index (χ4n) is 3.21. The highest BCUT2D eigenvalue weighted by atomic mass is 19.3.